The predicted octanol–water partition coefficient (Wildman–Crippen LogP) is 13.7. The summed E-state index contributed by atoms with van der Waals surface area (Å²) in [4.78, 5) is 0. The predicted molar refractivity (Wildman–Crippen MR) is 263 cm³/mol. The summed E-state index contributed by atoms with van der Waals surface area (Å²) in [6.07, 6.45) is 0. The number of halogens is 2. The molecule has 8 aromatic carbocycles. The smallest absolute Gasteiger partial charge is 0.170 e. The Morgan fingerprint density at radius 3 is 0.887 bits per heavy atom. The number of rotatable bonds is 10. The van der Waals surface area contributed by atoms with Gasteiger partial charge in [0.05, 0.1) is 49.9 Å². The summed E-state index contributed by atoms with van der Waals surface area (Å²) in [6.45, 7) is 0. The number of hydrogen-bond acceptors (Lipinski definition) is 12. The van der Waals surface area contributed by atoms with Gasteiger partial charge in [-0.1, -0.05) is 56.1 Å². The Morgan fingerprint density at radius 1 is 0.296 bits per heavy atom. The molecule has 1 aliphatic rings. The summed E-state index contributed by atoms with van der Waals surface area (Å²) in [5, 5.41) is 78.3. The summed E-state index contributed by atoms with van der Waals surface area (Å²) < 4.78 is 27.7. The number of hydrogen-bond donors (Lipinski definition) is 0. The molecule has 0 bridgehead atoms. The maximum atomic E-state index is 9.96. The van der Waals surface area contributed by atoms with Crippen molar-refractivity contribution in [1.82, 2.24) is 0 Å². The summed E-state index contributed by atoms with van der Waals surface area (Å²) in [5.74, 6) is 1.64. The van der Waals surface area contributed by atoms with Gasteiger partial charge < -0.3 is 18.9 Å². The first-order valence-electron chi connectivity index (χ1n) is 21.0. The lowest BCUT2D eigenvalue weighted by Crippen LogP contribution is -2.29. The zero-order valence-electron chi connectivity index (χ0n) is 36.3. The Labute approximate surface area is 422 Å². The third-order valence-electron chi connectivity index (χ3n) is 11.7. The number of fused-ring (bicyclic) bond motifs is 3. The molecule has 0 aliphatic heterocycles. The van der Waals surface area contributed by atoms with Crippen LogP contribution in [0, 0.1) is 90.6 Å². The van der Waals surface area contributed by atoms with Crippen LogP contribution in [0.1, 0.15) is 66.8 Å². The summed E-state index contributed by atoms with van der Waals surface area (Å²) in [5.41, 5.74) is 4.58. The van der Waals surface area contributed by atoms with Crippen LogP contribution < -0.4 is 18.9 Å². The first kappa shape index (κ1) is 46.0. The molecular formula is C57H24Br2N8O4. The van der Waals surface area contributed by atoms with Crippen molar-refractivity contribution in [2.24, 2.45) is 0 Å². The van der Waals surface area contributed by atoms with Gasteiger partial charge in [0, 0.05) is 8.95 Å². The molecular weight excluding hydrogens is 1020 g/mol. The largest absolute Gasteiger partial charge is 0.453 e. The Bertz CT molecular complexity index is 3690. The van der Waals surface area contributed by atoms with Crippen molar-refractivity contribution in [3.63, 3.8) is 0 Å². The van der Waals surface area contributed by atoms with Crippen LogP contribution in [0.15, 0.2) is 155 Å². The van der Waals surface area contributed by atoms with Gasteiger partial charge in [-0.2, -0.15) is 42.1 Å². The Morgan fingerprint density at radius 2 is 0.592 bits per heavy atom. The molecule has 0 radical (unpaired) electrons. The fraction of sp³-hybridized carbons (Fsp3) is 0.0175. The van der Waals surface area contributed by atoms with E-state index >= 15 is 0 Å². The van der Waals surface area contributed by atoms with Gasteiger partial charge in [0.15, 0.2) is 23.0 Å². The molecule has 0 N–H and O–H groups in total. The molecule has 330 valence electrons. The quantitative estimate of drug-likeness (QED) is 0.125. The van der Waals surface area contributed by atoms with Crippen molar-refractivity contribution in [1.29, 1.82) is 42.1 Å². The van der Waals surface area contributed by atoms with Crippen molar-refractivity contribution < 1.29 is 18.9 Å². The van der Waals surface area contributed by atoms with Crippen molar-refractivity contribution in [3.8, 4) is 106 Å². The van der Waals surface area contributed by atoms with E-state index in [1.165, 1.54) is 48.5 Å². The molecule has 0 unspecified atom stereocenters. The van der Waals surface area contributed by atoms with E-state index in [4.69, 9.17) is 18.9 Å². The van der Waals surface area contributed by atoms with Gasteiger partial charge >= 0.3 is 0 Å². The molecule has 0 atom stereocenters. The number of benzene rings is 8. The highest BCUT2D eigenvalue weighted by molar-refractivity contribution is 9.10. The van der Waals surface area contributed by atoms with Gasteiger partial charge in [0.1, 0.15) is 71.6 Å². The fourth-order valence-electron chi connectivity index (χ4n) is 8.48. The minimum Gasteiger partial charge on any atom is -0.453 e. The number of nitriles is 8. The highest BCUT2D eigenvalue weighted by Crippen LogP contribution is 2.59. The molecule has 12 nitrogen and oxygen atoms in total. The molecule has 9 rings (SSSR count). The highest BCUT2D eigenvalue weighted by Gasteiger charge is 2.47. The van der Waals surface area contributed by atoms with Crippen molar-refractivity contribution in [2.45, 2.75) is 5.41 Å². The zero-order valence-corrected chi connectivity index (χ0v) is 39.5. The van der Waals surface area contributed by atoms with Crippen LogP contribution in [0.5, 0.6) is 46.0 Å². The SMILES string of the molecule is N#Cc1ccc(Oc2ccc(C3(c4ccc(Oc5ccc(C#N)c(C#N)c5)c(Oc5ccc(C#N)c(C#N)c5)c4)c4cc(Br)ccc4-c4ccc(Br)cc43)cc2Oc2ccc(C#N)c(C#N)c2)cc1C#N. The number of nitrogens with zero attached hydrogens (tertiary/aromatic N) is 8. The molecule has 1 aliphatic carbocycles. The van der Waals surface area contributed by atoms with Gasteiger partial charge in [-0.3, -0.25) is 0 Å². The first-order chi connectivity index (χ1) is 34.6. The molecule has 0 heterocycles. The average molecular weight is 1040 g/mol. The Hall–Kier alpha value is -10.2. The van der Waals surface area contributed by atoms with E-state index < -0.39 is 5.41 Å². The van der Waals surface area contributed by atoms with Crippen LogP contribution in [0.4, 0.5) is 0 Å². The maximum absolute atomic E-state index is 9.96. The molecule has 0 amide bonds. The summed E-state index contributed by atoms with van der Waals surface area (Å²) >= 11 is 7.49. The molecule has 0 fully saturated rings. The van der Waals surface area contributed by atoms with Crippen LogP contribution in [-0.2, 0) is 5.41 Å². The summed E-state index contributed by atoms with van der Waals surface area (Å²) in [6, 6.07) is 57.0. The van der Waals surface area contributed by atoms with Crippen LogP contribution in [0.25, 0.3) is 11.1 Å². The van der Waals surface area contributed by atoms with E-state index in [0.29, 0.717) is 11.1 Å². The Kier molecular flexibility index (Phi) is 12.4. The molecule has 0 spiro atoms. The number of ether oxygens (including phenoxy) is 4. The highest BCUT2D eigenvalue weighted by atomic mass is 79.9. The lowest BCUT2D eigenvalue weighted by atomic mass is 9.67. The lowest BCUT2D eigenvalue weighted by molar-refractivity contribution is 0.416. The second-order valence-corrected chi connectivity index (χ2v) is 17.4. The topological polar surface area (TPSA) is 227 Å². The van der Waals surface area contributed by atoms with E-state index in [9.17, 15) is 42.1 Å². The molecule has 0 saturated heterocycles. The van der Waals surface area contributed by atoms with E-state index in [-0.39, 0.29) is 90.5 Å². The van der Waals surface area contributed by atoms with E-state index in [1.807, 2.05) is 84.9 Å². The van der Waals surface area contributed by atoms with Gasteiger partial charge in [0.2, 0.25) is 0 Å². The van der Waals surface area contributed by atoms with Crippen LogP contribution in [-0.4, -0.2) is 0 Å². The third kappa shape index (κ3) is 8.46. The minimum absolute atomic E-state index is 0.0862. The standard InChI is InChI=1S/C57H24Br2N8O4/c58-43-7-13-49-50-14-8-44(59)24-52(50)57(51(49)23-43,41-5-15-53(68-45-9-1-33(25-60)37(17-45)29-64)55(21-41)70-47-11-3-35(27-62)39(19-47)31-66)42-6-16-54(69-46-10-2-34(26-61)38(18-46)30-65)56(22-42)71-48-12-4-36(28-63)40(20-48)32-67/h1-24H. The normalized spacial score (nSPS) is 11.2. The van der Waals surface area contributed by atoms with E-state index in [0.717, 1.165) is 31.2 Å². The maximum Gasteiger partial charge on any atom is 0.170 e. The Balaban J connectivity index is 1.32. The minimum atomic E-state index is -1.22. The van der Waals surface area contributed by atoms with Gasteiger partial charge in [-0.05, 0) is 155 Å². The third-order valence-corrected chi connectivity index (χ3v) is 12.6. The van der Waals surface area contributed by atoms with Crippen molar-refractivity contribution in [2.75, 3.05) is 0 Å². The van der Waals surface area contributed by atoms with E-state index in [2.05, 4.69) is 44.0 Å². The van der Waals surface area contributed by atoms with Crippen LogP contribution in [0.2, 0.25) is 0 Å². The lowest BCUT2D eigenvalue weighted by Gasteiger charge is -2.35. The van der Waals surface area contributed by atoms with Crippen molar-refractivity contribution >= 4 is 31.9 Å². The molecule has 14 heteroatoms. The molecule has 71 heavy (non-hydrogen) atoms. The van der Waals surface area contributed by atoms with Gasteiger partial charge in [-0.15, -0.1) is 0 Å². The van der Waals surface area contributed by atoms with Gasteiger partial charge in [-0.25, -0.2) is 0 Å². The zero-order chi connectivity index (χ0) is 49.8. The van der Waals surface area contributed by atoms with Crippen molar-refractivity contribution in [3.05, 3.63) is 221 Å². The second-order valence-electron chi connectivity index (χ2n) is 15.6. The van der Waals surface area contributed by atoms with Crippen LogP contribution >= 0.6 is 31.9 Å². The van der Waals surface area contributed by atoms with Gasteiger partial charge in [0.25, 0.3) is 0 Å². The molecule has 0 aromatic heterocycles. The van der Waals surface area contributed by atoms with Crippen LogP contribution in [0.3, 0.4) is 0 Å². The average Bonchev–Trinajstić information content (AvgIpc) is 3.68. The molecule has 8 aromatic rings. The monoisotopic (exact) mass is 1040 g/mol. The summed E-state index contributed by atoms with van der Waals surface area (Å²) in [7, 11) is 0. The second kappa shape index (κ2) is 19.2. The first-order valence-corrected chi connectivity index (χ1v) is 22.5. The fourth-order valence-corrected chi connectivity index (χ4v) is 9.21. The van der Waals surface area contributed by atoms with E-state index in [1.54, 1.807) is 48.5 Å². The molecule has 0 saturated carbocycles.